The maximum atomic E-state index is 16.7. The molecule has 0 unspecified atom stereocenters. The Bertz CT molecular complexity index is 1720. The molecule has 0 atom stereocenters. The second-order valence-electron chi connectivity index (χ2n) is 14.7. The second kappa shape index (κ2) is 16.7. The first-order valence-corrected chi connectivity index (χ1v) is 19.0. The molecule has 2 amide bonds. The van der Waals surface area contributed by atoms with Crippen LogP contribution in [0.1, 0.15) is 89.5 Å². The van der Waals surface area contributed by atoms with Crippen LogP contribution in [-0.4, -0.2) is 11.8 Å². The van der Waals surface area contributed by atoms with E-state index in [1.807, 2.05) is 76.2 Å². The molecule has 4 aromatic rings. The Morgan fingerprint density at radius 3 is 1.22 bits per heavy atom. The van der Waals surface area contributed by atoms with Crippen molar-refractivity contribution in [2.75, 3.05) is 9.80 Å². The van der Waals surface area contributed by atoms with Crippen LogP contribution in [0.15, 0.2) is 72.8 Å². The summed E-state index contributed by atoms with van der Waals surface area (Å²) in [5.74, 6) is -4.64. The molecule has 0 bridgehead atoms. The fraction of sp³-hybridized carbons (Fsp3) is 0.381. The third kappa shape index (κ3) is 9.38. The van der Waals surface area contributed by atoms with Gasteiger partial charge in [0, 0.05) is 0 Å². The molecular formula is C42H48F4N2O2Ti. The van der Waals surface area contributed by atoms with Crippen LogP contribution in [0.5, 0.6) is 0 Å². The monoisotopic (exact) mass is 736 g/mol. The Morgan fingerprint density at radius 2 is 0.902 bits per heavy atom. The number of nitrogens with zero attached hydrogens (tertiary/aromatic N) is 2. The van der Waals surface area contributed by atoms with Crippen molar-refractivity contribution in [1.29, 1.82) is 0 Å². The molecule has 4 rings (SSSR count). The summed E-state index contributed by atoms with van der Waals surface area (Å²) in [4.78, 5) is 30.7. The third-order valence-corrected chi connectivity index (χ3v) is 11.5. The third-order valence-electron chi connectivity index (χ3n) is 9.29. The molecule has 0 saturated carbocycles. The number of rotatable bonds is 14. The minimum atomic E-state index is -2.35. The number of halogens is 4. The van der Waals surface area contributed by atoms with Gasteiger partial charge >= 0.3 is 310 Å². The van der Waals surface area contributed by atoms with Gasteiger partial charge in [-0.3, -0.25) is 0 Å². The summed E-state index contributed by atoms with van der Waals surface area (Å²) in [7, 11) is 0. The van der Waals surface area contributed by atoms with Crippen molar-refractivity contribution in [3.63, 3.8) is 0 Å². The van der Waals surface area contributed by atoms with E-state index in [0.29, 0.717) is 25.7 Å². The number of aryl methyl sites for hydroxylation is 2. The summed E-state index contributed by atoms with van der Waals surface area (Å²) in [6.07, 6.45) is 2.51. The Balaban J connectivity index is 1.83. The molecule has 51 heavy (non-hydrogen) atoms. The summed E-state index contributed by atoms with van der Waals surface area (Å²) < 4.78 is 63.6. The molecule has 0 aromatic heterocycles. The van der Waals surface area contributed by atoms with Gasteiger partial charge in [0.05, 0.1) is 0 Å². The summed E-state index contributed by atoms with van der Waals surface area (Å²) >= 11 is -2.35. The van der Waals surface area contributed by atoms with E-state index < -0.39 is 61.0 Å². The molecule has 4 aromatic carbocycles. The Labute approximate surface area is 309 Å². The summed E-state index contributed by atoms with van der Waals surface area (Å²) in [6.45, 7) is 15.0. The van der Waals surface area contributed by atoms with Gasteiger partial charge in [-0.2, -0.15) is 0 Å². The number of anilines is 2. The van der Waals surface area contributed by atoms with Crippen molar-refractivity contribution in [3.05, 3.63) is 118 Å². The molecule has 0 heterocycles. The van der Waals surface area contributed by atoms with Gasteiger partial charge in [-0.05, 0) is 0 Å². The number of benzene rings is 4. The predicted molar refractivity (Wildman–Crippen MR) is 194 cm³/mol. The van der Waals surface area contributed by atoms with E-state index in [9.17, 15) is 9.59 Å². The maximum absolute atomic E-state index is 16.7. The van der Waals surface area contributed by atoms with Crippen molar-refractivity contribution < 1.29 is 46.3 Å². The molecule has 0 fully saturated rings. The number of carbonyl (C=O) groups excluding carboxylic acids is 2. The Hall–Kier alpha value is -3.75. The van der Waals surface area contributed by atoms with Crippen molar-refractivity contribution in [3.8, 4) is 0 Å². The molecule has 0 N–H and O–H groups in total. The van der Waals surface area contributed by atoms with Gasteiger partial charge in [-0.25, -0.2) is 0 Å². The van der Waals surface area contributed by atoms with Crippen LogP contribution in [-0.2, 0) is 41.8 Å². The van der Waals surface area contributed by atoms with Crippen LogP contribution in [0.25, 0.3) is 0 Å². The molecule has 0 radical (unpaired) electrons. The molecule has 0 aliphatic carbocycles. The standard InChI is InChI=1S/2C21H24F2NO.Ti/c2*1-5-12-21(3,4)20(25)24(14-16-8-6-15(2)7-9-16)19-11-10-17(22)13-18(19)23;/h2*6-11H,5,12,14H2,1-4H3;. The summed E-state index contributed by atoms with van der Waals surface area (Å²) in [6, 6.07) is 19.5. The zero-order valence-corrected chi connectivity index (χ0v) is 32.5. The molecule has 0 aliphatic rings. The van der Waals surface area contributed by atoms with Crippen LogP contribution >= 0.6 is 0 Å². The number of carbonyl (C=O) groups is 2. The van der Waals surface area contributed by atoms with Gasteiger partial charge in [0.15, 0.2) is 0 Å². The van der Waals surface area contributed by atoms with Crippen molar-refractivity contribution in [1.82, 2.24) is 0 Å². The first kappa shape index (κ1) is 40.0. The minimum absolute atomic E-state index is 0.0239. The van der Waals surface area contributed by atoms with Gasteiger partial charge in [0.25, 0.3) is 0 Å². The molecule has 0 saturated heterocycles. The average Bonchev–Trinajstić information content (AvgIpc) is 3.07. The molecule has 0 spiro atoms. The SMILES string of the molecule is CCCC(C)(C)C(=O)N(Cc1ccc(C)cc1)c1ccc(F)[c]([Ti][c]2c(F)ccc(N(Cc3ccc(C)cc3)C(=O)C(C)(C)CCC)c2F)c1F. The summed E-state index contributed by atoms with van der Waals surface area (Å²) in [5, 5.41) is 0. The van der Waals surface area contributed by atoms with E-state index in [4.69, 9.17) is 0 Å². The number of hydrogen-bond acceptors (Lipinski definition) is 2. The topological polar surface area (TPSA) is 40.6 Å². The first-order valence-electron chi connectivity index (χ1n) is 17.5. The van der Waals surface area contributed by atoms with Gasteiger partial charge in [-0.15, -0.1) is 0 Å². The van der Waals surface area contributed by atoms with E-state index in [-0.39, 0.29) is 36.3 Å². The zero-order chi connectivity index (χ0) is 37.7. The molecule has 9 heteroatoms. The van der Waals surface area contributed by atoms with Crippen LogP contribution in [0.2, 0.25) is 0 Å². The van der Waals surface area contributed by atoms with Crippen LogP contribution in [0.4, 0.5) is 28.9 Å². The number of hydrogen-bond donors (Lipinski definition) is 0. The van der Waals surface area contributed by atoms with E-state index >= 15 is 17.6 Å². The van der Waals surface area contributed by atoms with Gasteiger partial charge in [0.2, 0.25) is 0 Å². The molecule has 0 aliphatic heterocycles. The molecule has 4 nitrogen and oxygen atoms in total. The fourth-order valence-corrected chi connectivity index (χ4v) is 8.10. The Morgan fingerprint density at radius 1 is 0.569 bits per heavy atom. The zero-order valence-electron chi connectivity index (χ0n) is 30.9. The van der Waals surface area contributed by atoms with E-state index in [0.717, 1.165) is 34.4 Å². The van der Waals surface area contributed by atoms with Crippen molar-refractivity contribution in [2.45, 2.75) is 94.2 Å². The second-order valence-corrected chi connectivity index (χ2v) is 16.6. The first-order chi connectivity index (χ1) is 24.0. The quantitative estimate of drug-likeness (QED) is 0.0956. The van der Waals surface area contributed by atoms with Crippen molar-refractivity contribution >= 4 is 30.9 Å². The number of amides is 2. The van der Waals surface area contributed by atoms with E-state index in [2.05, 4.69) is 0 Å². The summed E-state index contributed by atoms with van der Waals surface area (Å²) in [5.41, 5.74) is 1.50. The average molecular weight is 737 g/mol. The fourth-order valence-electron chi connectivity index (χ4n) is 6.33. The van der Waals surface area contributed by atoms with Gasteiger partial charge in [-0.1, -0.05) is 0 Å². The Kier molecular flexibility index (Phi) is 13.1. The predicted octanol–water partition coefficient (Wildman–Crippen LogP) is 9.61. The van der Waals surface area contributed by atoms with Crippen molar-refractivity contribution in [2.24, 2.45) is 10.8 Å². The molecule has 270 valence electrons. The molecular weight excluding hydrogens is 688 g/mol. The van der Waals surface area contributed by atoms with E-state index in [1.54, 1.807) is 27.7 Å². The van der Waals surface area contributed by atoms with Crippen LogP contribution in [0.3, 0.4) is 0 Å². The van der Waals surface area contributed by atoms with Crippen LogP contribution in [0, 0.1) is 47.9 Å². The van der Waals surface area contributed by atoms with Gasteiger partial charge in [0.1, 0.15) is 0 Å². The van der Waals surface area contributed by atoms with Crippen LogP contribution < -0.4 is 17.5 Å². The normalized spacial score (nSPS) is 11.8. The van der Waals surface area contributed by atoms with Gasteiger partial charge < -0.3 is 0 Å². The van der Waals surface area contributed by atoms with E-state index in [1.165, 1.54) is 21.9 Å².